The maximum atomic E-state index is 13.3. The minimum Gasteiger partial charge on any atom is -0.487 e. The lowest BCUT2D eigenvalue weighted by Gasteiger charge is -2.24. The predicted octanol–water partition coefficient (Wildman–Crippen LogP) is 6.13. The summed E-state index contributed by atoms with van der Waals surface area (Å²) in [7, 11) is 0. The van der Waals surface area contributed by atoms with Crippen LogP contribution in [0.25, 0.3) is 0 Å². The molecule has 4 rings (SSSR count). The summed E-state index contributed by atoms with van der Waals surface area (Å²) in [4.78, 5) is 26.1. The van der Waals surface area contributed by atoms with E-state index in [0.717, 1.165) is 17.7 Å². The highest BCUT2D eigenvalue weighted by atomic mass is 35.5. The van der Waals surface area contributed by atoms with E-state index in [1.165, 1.54) is 16.0 Å². The van der Waals surface area contributed by atoms with Crippen molar-refractivity contribution in [2.24, 2.45) is 0 Å². The molecule has 0 aromatic heterocycles. The molecule has 1 amide bonds. The summed E-state index contributed by atoms with van der Waals surface area (Å²) in [5, 5.41) is 9.89. The van der Waals surface area contributed by atoms with Crippen molar-refractivity contribution in [2.75, 3.05) is 6.54 Å². The number of hydrogen-bond donors (Lipinski definition) is 1. The molecule has 0 fully saturated rings. The van der Waals surface area contributed by atoms with Crippen LogP contribution in [-0.2, 0) is 24.2 Å². The Kier molecular flexibility index (Phi) is 7.18. The largest absolute Gasteiger partial charge is 0.487 e. The van der Waals surface area contributed by atoms with Gasteiger partial charge in [0.1, 0.15) is 17.9 Å². The van der Waals surface area contributed by atoms with Crippen LogP contribution in [-0.4, -0.2) is 34.0 Å². The molecular weight excluding hydrogens is 462 g/mol. The number of ether oxygens (including phenoxy) is 1. The van der Waals surface area contributed by atoms with E-state index in [1.54, 1.807) is 24.3 Å². The number of halogens is 1. The lowest BCUT2D eigenvalue weighted by Crippen LogP contribution is -2.35. The molecule has 35 heavy (non-hydrogen) atoms. The van der Waals surface area contributed by atoms with Crippen LogP contribution in [0.4, 0.5) is 0 Å². The molecule has 1 N–H and O–H groups in total. The molecular formula is C29H30ClNO4. The van der Waals surface area contributed by atoms with Gasteiger partial charge in [-0.1, -0.05) is 67.9 Å². The van der Waals surface area contributed by atoms with Crippen LogP contribution in [0, 0.1) is 0 Å². The maximum Gasteiger partial charge on any atom is 0.323 e. The Morgan fingerprint density at radius 3 is 2.46 bits per heavy atom. The molecule has 182 valence electrons. The molecule has 0 aliphatic carbocycles. The van der Waals surface area contributed by atoms with Crippen LogP contribution in [0.5, 0.6) is 5.75 Å². The molecule has 1 aliphatic rings. The standard InChI is InChI=1S/C29H30ClNO4/c1-19(2)21-10-8-20(9-11-21)15-29(3)16-24-14-22(12-13-26(24)35-29)28(34)31(18-27(32)33)17-23-6-4-5-7-25(23)30/h4-14,19H,15-18H2,1-3H3,(H,32,33)/t29-/m1/s1. The zero-order valence-corrected chi connectivity index (χ0v) is 21.0. The third-order valence-electron chi connectivity index (χ3n) is 6.39. The Labute approximate surface area is 211 Å². The number of carbonyl (C=O) groups is 2. The van der Waals surface area contributed by atoms with Gasteiger partial charge in [0.15, 0.2) is 0 Å². The Morgan fingerprint density at radius 2 is 1.80 bits per heavy atom. The van der Waals surface area contributed by atoms with Crippen molar-refractivity contribution in [1.29, 1.82) is 0 Å². The smallest absolute Gasteiger partial charge is 0.323 e. The number of rotatable bonds is 8. The summed E-state index contributed by atoms with van der Waals surface area (Å²) in [5.74, 6) is -0.182. The highest BCUT2D eigenvalue weighted by Crippen LogP contribution is 2.38. The Hall–Kier alpha value is -3.31. The molecule has 6 heteroatoms. The number of fused-ring (bicyclic) bond motifs is 1. The summed E-state index contributed by atoms with van der Waals surface area (Å²) in [6.45, 7) is 6.14. The second-order valence-electron chi connectivity index (χ2n) is 9.77. The fraction of sp³-hybridized carbons (Fsp3) is 0.310. The molecule has 3 aromatic carbocycles. The van der Waals surface area contributed by atoms with E-state index < -0.39 is 18.1 Å². The van der Waals surface area contributed by atoms with E-state index in [1.807, 2.05) is 18.2 Å². The van der Waals surface area contributed by atoms with Crippen LogP contribution >= 0.6 is 11.6 Å². The average Bonchev–Trinajstić information content (AvgIpc) is 3.14. The van der Waals surface area contributed by atoms with Crippen molar-refractivity contribution in [3.63, 3.8) is 0 Å². The van der Waals surface area contributed by atoms with Crippen LogP contribution in [0.1, 0.15) is 59.3 Å². The first-order chi connectivity index (χ1) is 16.6. The Balaban J connectivity index is 1.51. The summed E-state index contributed by atoms with van der Waals surface area (Å²) in [6.07, 6.45) is 1.42. The first kappa shape index (κ1) is 24.8. The third-order valence-corrected chi connectivity index (χ3v) is 6.75. The van der Waals surface area contributed by atoms with Crippen LogP contribution in [0.2, 0.25) is 5.02 Å². The Bertz CT molecular complexity index is 1240. The third kappa shape index (κ3) is 5.85. The van der Waals surface area contributed by atoms with Gasteiger partial charge in [-0.15, -0.1) is 0 Å². The van der Waals surface area contributed by atoms with Crippen LogP contribution < -0.4 is 4.74 Å². The maximum absolute atomic E-state index is 13.3. The van der Waals surface area contributed by atoms with Gasteiger partial charge in [0.25, 0.3) is 5.91 Å². The second kappa shape index (κ2) is 10.1. The Morgan fingerprint density at radius 1 is 1.09 bits per heavy atom. The molecule has 1 atom stereocenters. The number of benzene rings is 3. The molecule has 0 radical (unpaired) electrons. The van der Waals surface area contributed by atoms with E-state index in [4.69, 9.17) is 16.3 Å². The van der Waals surface area contributed by atoms with Crippen molar-refractivity contribution >= 4 is 23.5 Å². The van der Waals surface area contributed by atoms with Gasteiger partial charge in [0, 0.05) is 30.0 Å². The van der Waals surface area contributed by atoms with E-state index in [9.17, 15) is 14.7 Å². The SMILES string of the molecule is CC(C)c1ccc(C[C@]2(C)Cc3cc(C(=O)N(CC(=O)O)Cc4ccccc4Cl)ccc3O2)cc1. The molecule has 3 aromatic rings. The quantitative estimate of drug-likeness (QED) is 0.412. The van der Waals surface area contributed by atoms with Crippen molar-refractivity contribution in [3.8, 4) is 5.75 Å². The number of aliphatic carboxylic acids is 1. The van der Waals surface area contributed by atoms with Crippen molar-refractivity contribution < 1.29 is 19.4 Å². The molecule has 1 heterocycles. The molecule has 0 saturated heterocycles. The van der Waals surface area contributed by atoms with Gasteiger partial charge in [0.05, 0.1) is 0 Å². The summed E-state index contributed by atoms with van der Waals surface area (Å²) < 4.78 is 6.31. The van der Waals surface area contributed by atoms with E-state index in [0.29, 0.717) is 28.5 Å². The average molecular weight is 492 g/mol. The van der Waals surface area contributed by atoms with E-state index >= 15 is 0 Å². The zero-order valence-electron chi connectivity index (χ0n) is 20.3. The lowest BCUT2D eigenvalue weighted by molar-refractivity contribution is -0.137. The highest BCUT2D eigenvalue weighted by molar-refractivity contribution is 6.31. The monoisotopic (exact) mass is 491 g/mol. The molecule has 0 bridgehead atoms. The summed E-state index contributed by atoms with van der Waals surface area (Å²) in [6, 6.07) is 21.1. The van der Waals surface area contributed by atoms with Gasteiger partial charge in [-0.2, -0.15) is 0 Å². The van der Waals surface area contributed by atoms with E-state index in [2.05, 4.69) is 45.0 Å². The van der Waals surface area contributed by atoms with Crippen LogP contribution in [0.15, 0.2) is 66.7 Å². The second-order valence-corrected chi connectivity index (χ2v) is 10.2. The van der Waals surface area contributed by atoms with Crippen molar-refractivity contribution in [1.82, 2.24) is 4.90 Å². The van der Waals surface area contributed by atoms with Gasteiger partial charge in [-0.25, -0.2) is 0 Å². The van der Waals surface area contributed by atoms with Crippen molar-refractivity contribution in [3.05, 3.63) is 99.6 Å². The molecule has 0 spiro atoms. The molecule has 0 saturated carbocycles. The zero-order chi connectivity index (χ0) is 25.2. The highest BCUT2D eigenvalue weighted by Gasteiger charge is 2.35. The number of carbonyl (C=O) groups excluding carboxylic acids is 1. The van der Waals surface area contributed by atoms with Gasteiger partial charge >= 0.3 is 5.97 Å². The minimum atomic E-state index is -1.08. The number of carboxylic acid groups (broad SMARTS) is 1. The van der Waals surface area contributed by atoms with Gasteiger partial charge in [0.2, 0.25) is 0 Å². The molecule has 1 aliphatic heterocycles. The summed E-state index contributed by atoms with van der Waals surface area (Å²) >= 11 is 6.25. The summed E-state index contributed by atoms with van der Waals surface area (Å²) in [5.41, 5.74) is 4.18. The topological polar surface area (TPSA) is 66.8 Å². The molecule has 5 nitrogen and oxygen atoms in total. The lowest BCUT2D eigenvalue weighted by atomic mass is 9.90. The first-order valence-electron chi connectivity index (χ1n) is 11.8. The van der Waals surface area contributed by atoms with E-state index in [-0.39, 0.29) is 12.5 Å². The first-order valence-corrected chi connectivity index (χ1v) is 12.2. The fourth-order valence-corrected chi connectivity index (χ4v) is 4.78. The number of nitrogens with zero attached hydrogens (tertiary/aromatic N) is 1. The number of hydrogen-bond acceptors (Lipinski definition) is 3. The number of amides is 1. The fourth-order valence-electron chi connectivity index (χ4n) is 4.58. The van der Waals surface area contributed by atoms with Gasteiger partial charge in [-0.3, -0.25) is 9.59 Å². The molecule has 0 unspecified atom stereocenters. The van der Waals surface area contributed by atoms with Gasteiger partial charge < -0.3 is 14.7 Å². The minimum absolute atomic E-state index is 0.114. The van der Waals surface area contributed by atoms with Crippen molar-refractivity contribution in [2.45, 2.75) is 51.7 Å². The predicted molar refractivity (Wildman–Crippen MR) is 137 cm³/mol. The number of carboxylic acids is 1. The van der Waals surface area contributed by atoms with Gasteiger partial charge in [-0.05, 0) is 59.4 Å². The van der Waals surface area contributed by atoms with Crippen LogP contribution in [0.3, 0.4) is 0 Å². The normalized spacial score (nSPS) is 16.6.